The number of rotatable bonds is 7. The summed E-state index contributed by atoms with van der Waals surface area (Å²) in [6, 6.07) is -2.56. The first-order valence-corrected chi connectivity index (χ1v) is 5.77. The van der Waals surface area contributed by atoms with E-state index in [9.17, 15) is 14.4 Å². The van der Waals surface area contributed by atoms with Crippen LogP contribution < -0.4 is 10.6 Å². The third kappa shape index (κ3) is 6.93. The fraction of sp³-hybridized carbons (Fsp3) is 0.583. The Morgan fingerprint density at radius 2 is 2.00 bits per heavy atom. The maximum atomic E-state index is 11.5. The molecule has 0 aliphatic heterocycles. The summed E-state index contributed by atoms with van der Waals surface area (Å²) in [6.07, 6.45) is 6.13. The van der Waals surface area contributed by atoms with Gasteiger partial charge in [-0.2, -0.15) is 0 Å². The van der Waals surface area contributed by atoms with Crippen molar-refractivity contribution in [2.45, 2.75) is 38.3 Å². The molecule has 106 valence electrons. The number of carboxylic acid groups (broad SMARTS) is 1. The molecule has 0 aromatic heterocycles. The number of hydrogen-bond acceptors (Lipinski definition) is 4. The summed E-state index contributed by atoms with van der Waals surface area (Å²) in [7, 11) is 1.14. The van der Waals surface area contributed by atoms with Crippen molar-refractivity contribution in [1.82, 2.24) is 10.6 Å². The van der Waals surface area contributed by atoms with Gasteiger partial charge < -0.3 is 20.5 Å². The molecule has 0 saturated heterocycles. The second-order valence-electron chi connectivity index (χ2n) is 3.80. The molecule has 1 unspecified atom stereocenters. The van der Waals surface area contributed by atoms with Crippen LogP contribution in [0.3, 0.4) is 0 Å². The monoisotopic (exact) mass is 270 g/mol. The zero-order chi connectivity index (χ0) is 14.8. The van der Waals surface area contributed by atoms with Crippen LogP contribution in [0.4, 0.5) is 4.79 Å². The summed E-state index contributed by atoms with van der Waals surface area (Å²) in [5.74, 6) is 0.325. The summed E-state index contributed by atoms with van der Waals surface area (Å²) >= 11 is 0. The van der Waals surface area contributed by atoms with Gasteiger partial charge in [0.15, 0.2) is 0 Å². The third-order valence-electron chi connectivity index (χ3n) is 2.29. The number of aliphatic carboxylic acids is 1. The Labute approximate surface area is 111 Å². The molecule has 0 aromatic rings. The number of hydrogen-bond donors (Lipinski definition) is 3. The smallest absolute Gasteiger partial charge is 0.326 e. The number of nitrogens with one attached hydrogen (secondary N) is 2. The normalized spacial score (nSPS) is 12.7. The number of urea groups is 1. The zero-order valence-corrected chi connectivity index (χ0v) is 10.9. The van der Waals surface area contributed by atoms with Gasteiger partial charge in [-0.1, -0.05) is 19.3 Å². The molecule has 0 aliphatic carbocycles. The van der Waals surface area contributed by atoms with Gasteiger partial charge in [0.1, 0.15) is 6.04 Å². The molecule has 0 rings (SSSR count). The van der Waals surface area contributed by atoms with Crippen molar-refractivity contribution in [3.63, 3.8) is 0 Å². The van der Waals surface area contributed by atoms with Crippen LogP contribution in [-0.2, 0) is 14.3 Å². The van der Waals surface area contributed by atoms with Crippen LogP contribution in [0.1, 0.15) is 26.2 Å². The quantitative estimate of drug-likeness (QED) is 0.449. The SMILES string of the molecule is C#CC(CCC)NC(=O)N[C@@H](CC(=O)OC)C(=O)O. The number of carbonyl (C=O) groups excluding carboxylic acids is 2. The Bertz CT molecular complexity index is 375. The number of esters is 1. The minimum absolute atomic E-state index is 0.451. The second-order valence-corrected chi connectivity index (χ2v) is 3.80. The van der Waals surface area contributed by atoms with Crippen molar-refractivity contribution in [2.24, 2.45) is 0 Å². The minimum Gasteiger partial charge on any atom is -0.480 e. The molecule has 0 saturated carbocycles. The summed E-state index contributed by atoms with van der Waals surface area (Å²) in [5.41, 5.74) is 0. The van der Waals surface area contributed by atoms with Crippen molar-refractivity contribution in [1.29, 1.82) is 0 Å². The molecule has 3 N–H and O–H groups in total. The van der Waals surface area contributed by atoms with E-state index in [4.69, 9.17) is 11.5 Å². The maximum Gasteiger partial charge on any atom is 0.326 e. The molecule has 7 heteroatoms. The Balaban J connectivity index is 4.43. The van der Waals surface area contributed by atoms with E-state index >= 15 is 0 Å². The lowest BCUT2D eigenvalue weighted by molar-refractivity contribution is -0.147. The number of terminal acetylenes is 1. The largest absolute Gasteiger partial charge is 0.480 e. The van der Waals surface area contributed by atoms with Gasteiger partial charge in [-0.25, -0.2) is 9.59 Å². The number of carboxylic acids is 1. The van der Waals surface area contributed by atoms with Crippen LogP contribution in [0.5, 0.6) is 0 Å². The van der Waals surface area contributed by atoms with Gasteiger partial charge in [0.05, 0.1) is 19.6 Å². The van der Waals surface area contributed by atoms with Crippen molar-refractivity contribution in [3.8, 4) is 12.3 Å². The Hall–Kier alpha value is -2.23. The standard InChI is InChI=1S/C12H18N2O5/c1-4-6-8(5-2)13-12(18)14-9(11(16)17)7-10(15)19-3/h2,8-9H,4,6-7H2,1,3H3,(H,16,17)(H2,13,14,18)/t8?,9-/m0/s1. The van der Waals surface area contributed by atoms with Crippen molar-refractivity contribution >= 4 is 18.0 Å². The fourth-order valence-corrected chi connectivity index (χ4v) is 1.29. The number of carbonyl (C=O) groups is 3. The Morgan fingerprint density at radius 1 is 1.37 bits per heavy atom. The van der Waals surface area contributed by atoms with Gasteiger partial charge in [-0.05, 0) is 6.42 Å². The molecule has 2 amide bonds. The van der Waals surface area contributed by atoms with Crippen LogP contribution in [0, 0.1) is 12.3 Å². The molecule has 0 radical (unpaired) electrons. The summed E-state index contributed by atoms with van der Waals surface area (Å²) < 4.78 is 4.35. The molecular weight excluding hydrogens is 252 g/mol. The molecule has 7 nitrogen and oxygen atoms in total. The van der Waals surface area contributed by atoms with E-state index in [0.717, 1.165) is 13.5 Å². The predicted molar refractivity (Wildman–Crippen MR) is 67.3 cm³/mol. The highest BCUT2D eigenvalue weighted by Crippen LogP contribution is 1.97. The molecule has 0 aliphatic rings. The lowest BCUT2D eigenvalue weighted by Crippen LogP contribution is -2.49. The summed E-state index contributed by atoms with van der Waals surface area (Å²) in [4.78, 5) is 33.4. The highest BCUT2D eigenvalue weighted by molar-refractivity contribution is 5.86. The molecule has 2 atom stereocenters. The van der Waals surface area contributed by atoms with E-state index in [1.807, 2.05) is 6.92 Å². The van der Waals surface area contributed by atoms with Crippen molar-refractivity contribution < 1.29 is 24.2 Å². The van der Waals surface area contributed by atoms with E-state index in [1.54, 1.807) is 0 Å². The molecule has 0 bridgehead atoms. The molecule has 19 heavy (non-hydrogen) atoms. The van der Waals surface area contributed by atoms with Gasteiger partial charge >= 0.3 is 18.0 Å². The van der Waals surface area contributed by atoms with Crippen molar-refractivity contribution in [2.75, 3.05) is 7.11 Å². The van der Waals surface area contributed by atoms with Gasteiger partial charge in [0.2, 0.25) is 0 Å². The molecular formula is C12H18N2O5. The lowest BCUT2D eigenvalue weighted by Gasteiger charge is -2.16. The Morgan fingerprint density at radius 3 is 2.42 bits per heavy atom. The van der Waals surface area contributed by atoms with Crippen LogP contribution in [0.25, 0.3) is 0 Å². The highest BCUT2D eigenvalue weighted by atomic mass is 16.5. The average molecular weight is 270 g/mol. The first-order valence-electron chi connectivity index (χ1n) is 5.77. The fourth-order valence-electron chi connectivity index (χ4n) is 1.29. The average Bonchev–Trinajstić information content (AvgIpc) is 2.36. The third-order valence-corrected chi connectivity index (χ3v) is 2.29. The minimum atomic E-state index is -1.35. The van der Waals surface area contributed by atoms with Gasteiger partial charge in [-0.15, -0.1) is 6.42 Å². The van der Waals surface area contributed by atoms with Crippen LogP contribution in [-0.4, -0.2) is 42.3 Å². The molecule has 0 spiro atoms. The van der Waals surface area contributed by atoms with Gasteiger partial charge in [0, 0.05) is 0 Å². The van der Waals surface area contributed by atoms with E-state index in [0.29, 0.717) is 6.42 Å². The topological polar surface area (TPSA) is 105 Å². The first-order chi connectivity index (χ1) is 8.94. The number of methoxy groups -OCH3 is 1. The molecule has 0 fully saturated rings. The highest BCUT2D eigenvalue weighted by Gasteiger charge is 2.24. The van der Waals surface area contributed by atoms with E-state index < -0.39 is 36.5 Å². The Kier molecular flexibility index (Phi) is 7.77. The summed E-state index contributed by atoms with van der Waals surface area (Å²) in [6.45, 7) is 1.90. The lowest BCUT2D eigenvalue weighted by atomic mass is 10.2. The number of ether oxygens (including phenoxy) is 1. The van der Waals surface area contributed by atoms with Crippen LogP contribution in [0.2, 0.25) is 0 Å². The van der Waals surface area contributed by atoms with Gasteiger partial charge in [0.25, 0.3) is 0 Å². The number of amides is 2. The second kappa shape index (κ2) is 8.80. The van der Waals surface area contributed by atoms with Crippen molar-refractivity contribution in [3.05, 3.63) is 0 Å². The van der Waals surface area contributed by atoms with Crippen LogP contribution >= 0.6 is 0 Å². The van der Waals surface area contributed by atoms with E-state index in [-0.39, 0.29) is 0 Å². The van der Waals surface area contributed by atoms with E-state index in [2.05, 4.69) is 21.3 Å². The molecule has 0 aromatic carbocycles. The van der Waals surface area contributed by atoms with Gasteiger partial charge in [-0.3, -0.25) is 4.79 Å². The predicted octanol–water partition coefficient (Wildman–Crippen LogP) is 0.104. The van der Waals surface area contributed by atoms with Crippen LogP contribution in [0.15, 0.2) is 0 Å². The molecule has 0 heterocycles. The maximum absolute atomic E-state index is 11.5. The zero-order valence-electron chi connectivity index (χ0n) is 10.9. The first kappa shape index (κ1) is 16.8. The summed E-state index contributed by atoms with van der Waals surface area (Å²) in [5, 5.41) is 13.5. The van der Waals surface area contributed by atoms with E-state index in [1.165, 1.54) is 0 Å².